The molecule has 2 aromatic carbocycles. The largest absolute Gasteiger partial charge is 0.493 e. The number of hydrazone groups is 1. The van der Waals surface area contributed by atoms with E-state index in [2.05, 4.69) is 28.9 Å². The lowest BCUT2D eigenvalue weighted by molar-refractivity contribution is -0.432. The van der Waals surface area contributed by atoms with Crippen LogP contribution in [-0.4, -0.2) is 88.6 Å². The fourth-order valence-electron chi connectivity index (χ4n) is 4.41. The van der Waals surface area contributed by atoms with Gasteiger partial charge in [0.1, 0.15) is 9.79 Å². The van der Waals surface area contributed by atoms with E-state index in [4.69, 9.17) is 20.0 Å². The second-order valence-electron chi connectivity index (χ2n) is 9.76. The van der Waals surface area contributed by atoms with Crippen LogP contribution < -0.4 is 5.01 Å². The third kappa shape index (κ3) is 9.57. The van der Waals surface area contributed by atoms with Gasteiger partial charge in [0, 0.05) is 9.79 Å². The standard InChI is InChI=1S/C28H24N4O18S4/c1-3-46-28(36)24-18(26(34)32(30-24)20-14-16(52-50-48-38)10-12-22(20)54(42,43)44)8-6-4-5-7-17-23(27(35)45-2)29-31(25(17)33)19-13-15(51-49-47-37)9-11-21(19)53(39,40)41/h4-14,34,37-38H,3H2,1-2H3,(H,39,40,41)(H,42,43,44)/b5-4?,8-6?,17-7-. The molecule has 22 nitrogen and oxygen atoms in total. The molecular weight excluding hydrogens is 809 g/mol. The maximum atomic E-state index is 13.5. The molecule has 0 spiro atoms. The Hall–Kier alpha value is -4.97. The van der Waals surface area contributed by atoms with Gasteiger partial charge in [-0.05, 0) is 55.5 Å². The molecule has 0 fully saturated rings. The molecule has 0 saturated carbocycles. The predicted molar refractivity (Wildman–Crippen MR) is 182 cm³/mol. The van der Waals surface area contributed by atoms with Crippen LogP contribution in [0.5, 0.6) is 5.88 Å². The monoisotopic (exact) mass is 832 g/mol. The number of aromatic nitrogens is 2. The Kier molecular flexibility index (Phi) is 13.9. The van der Waals surface area contributed by atoms with Gasteiger partial charge in [0.15, 0.2) is 11.4 Å². The zero-order chi connectivity index (χ0) is 39.8. The van der Waals surface area contributed by atoms with Crippen molar-refractivity contribution in [3.05, 3.63) is 77.5 Å². The fourth-order valence-corrected chi connectivity index (χ4v) is 6.49. The van der Waals surface area contributed by atoms with Crippen molar-refractivity contribution in [1.82, 2.24) is 9.78 Å². The number of methoxy groups -OCH3 is 1. The second-order valence-corrected chi connectivity index (χ2v) is 14.1. The van der Waals surface area contributed by atoms with Crippen LogP contribution >= 0.6 is 24.1 Å². The van der Waals surface area contributed by atoms with Crippen LogP contribution in [0.4, 0.5) is 5.69 Å². The third-order valence-electron chi connectivity index (χ3n) is 6.56. The second kappa shape index (κ2) is 17.9. The summed E-state index contributed by atoms with van der Waals surface area (Å²) in [5.74, 6) is -4.05. The molecule has 54 heavy (non-hydrogen) atoms. The van der Waals surface area contributed by atoms with Crippen molar-refractivity contribution in [1.29, 1.82) is 0 Å². The average Bonchev–Trinajstić information content (AvgIpc) is 3.63. The van der Waals surface area contributed by atoms with E-state index in [-0.39, 0.29) is 22.0 Å². The average molecular weight is 833 g/mol. The lowest BCUT2D eigenvalue weighted by Crippen LogP contribution is -2.24. The molecule has 26 heteroatoms. The van der Waals surface area contributed by atoms with Gasteiger partial charge < -0.3 is 14.6 Å². The molecule has 1 amide bonds. The summed E-state index contributed by atoms with van der Waals surface area (Å²) in [5.41, 5.74) is -2.83. The zero-order valence-corrected chi connectivity index (χ0v) is 30.3. The summed E-state index contributed by atoms with van der Waals surface area (Å²) in [7, 11) is -8.93. The van der Waals surface area contributed by atoms with Crippen LogP contribution in [0.2, 0.25) is 0 Å². The van der Waals surface area contributed by atoms with E-state index in [1.807, 2.05) is 0 Å². The van der Waals surface area contributed by atoms with Crippen molar-refractivity contribution in [2.24, 2.45) is 5.10 Å². The van der Waals surface area contributed by atoms with Crippen molar-refractivity contribution < 1.29 is 84.2 Å². The number of amides is 1. The third-order valence-corrected chi connectivity index (χ3v) is 9.52. The number of nitrogens with zero attached hydrogens (tertiary/aromatic N) is 4. The van der Waals surface area contributed by atoms with E-state index < -0.39 is 82.1 Å². The van der Waals surface area contributed by atoms with Crippen molar-refractivity contribution in [3.63, 3.8) is 0 Å². The number of benzene rings is 2. The minimum Gasteiger partial charge on any atom is -0.493 e. The first-order valence-electron chi connectivity index (χ1n) is 14.2. The molecule has 5 N–H and O–H groups in total. The molecule has 0 radical (unpaired) electrons. The SMILES string of the molecule is CCOC(=O)c1nn(-c2cc(SOOO)ccc2S(=O)(=O)O)c(O)c1C=CC=C/C=C1\C(=O)N(c2cc(SOOO)ccc2S(=O)(=O)O)N=C1C(=O)OC. The number of aromatic hydroxyl groups is 1. The van der Waals surface area contributed by atoms with Crippen LogP contribution in [0.1, 0.15) is 23.0 Å². The molecule has 0 atom stereocenters. The normalized spacial score (nSPS) is 14.4. The van der Waals surface area contributed by atoms with Gasteiger partial charge in [-0.1, -0.05) is 28.3 Å². The van der Waals surface area contributed by atoms with Gasteiger partial charge in [-0.2, -0.15) is 36.7 Å². The van der Waals surface area contributed by atoms with E-state index in [9.17, 15) is 45.4 Å². The highest BCUT2D eigenvalue weighted by molar-refractivity contribution is 7.94. The number of carbonyl (C=O) groups is 3. The van der Waals surface area contributed by atoms with Crippen LogP contribution in [0.15, 0.2) is 91.0 Å². The van der Waals surface area contributed by atoms with Gasteiger partial charge >= 0.3 is 11.9 Å². The summed E-state index contributed by atoms with van der Waals surface area (Å²) in [6, 6.07) is 6.17. The molecule has 1 aliphatic heterocycles. The van der Waals surface area contributed by atoms with Crippen molar-refractivity contribution >= 4 is 79.6 Å². The molecule has 3 aromatic rings. The number of carbonyl (C=O) groups excluding carboxylic acids is 3. The Morgan fingerprint density at radius 1 is 0.870 bits per heavy atom. The highest BCUT2D eigenvalue weighted by Crippen LogP contribution is 2.35. The quantitative estimate of drug-likeness (QED) is 0.0263. The number of ether oxygens (including phenoxy) is 2. The number of hydrogen-bond donors (Lipinski definition) is 5. The van der Waals surface area contributed by atoms with Crippen LogP contribution in [0, 0.1) is 0 Å². The molecule has 1 aromatic heterocycles. The summed E-state index contributed by atoms with van der Waals surface area (Å²) in [5, 5.41) is 43.4. The number of esters is 2. The van der Waals surface area contributed by atoms with E-state index in [0.29, 0.717) is 33.8 Å². The van der Waals surface area contributed by atoms with Gasteiger partial charge in [0.2, 0.25) is 5.88 Å². The number of allylic oxidation sites excluding steroid dienone is 4. The van der Waals surface area contributed by atoms with Crippen molar-refractivity contribution in [3.8, 4) is 11.6 Å². The van der Waals surface area contributed by atoms with Gasteiger partial charge in [0.05, 0.1) is 60.3 Å². The first-order valence-corrected chi connectivity index (χ1v) is 18.5. The molecule has 2 heterocycles. The highest BCUT2D eigenvalue weighted by Gasteiger charge is 2.38. The smallest absolute Gasteiger partial charge is 0.359 e. The fraction of sp³-hybridized carbons (Fsp3) is 0.107. The zero-order valence-electron chi connectivity index (χ0n) is 27.0. The molecule has 0 saturated heterocycles. The first-order chi connectivity index (χ1) is 25.6. The molecular formula is C28H24N4O18S4. The number of rotatable bonds is 16. The first kappa shape index (κ1) is 41.8. The van der Waals surface area contributed by atoms with Gasteiger partial charge in [-0.15, -0.1) is 8.67 Å². The van der Waals surface area contributed by atoms with Crippen LogP contribution in [0.3, 0.4) is 0 Å². The molecule has 0 unspecified atom stereocenters. The van der Waals surface area contributed by atoms with Crippen molar-refractivity contribution in [2.45, 2.75) is 26.5 Å². The Morgan fingerprint density at radius 2 is 1.44 bits per heavy atom. The van der Waals surface area contributed by atoms with E-state index >= 15 is 0 Å². The summed E-state index contributed by atoms with van der Waals surface area (Å²) >= 11 is 0.790. The molecule has 288 valence electrons. The molecule has 0 aliphatic carbocycles. The maximum absolute atomic E-state index is 13.5. The Labute approximate surface area is 312 Å². The Balaban J connectivity index is 1.75. The van der Waals surface area contributed by atoms with Gasteiger partial charge in [-0.25, -0.2) is 20.1 Å². The van der Waals surface area contributed by atoms with E-state index in [0.717, 1.165) is 55.7 Å². The maximum Gasteiger partial charge on any atom is 0.359 e. The predicted octanol–water partition coefficient (Wildman–Crippen LogP) is 3.18. The molecule has 4 rings (SSSR count). The van der Waals surface area contributed by atoms with E-state index in [1.165, 1.54) is 25.2 Å². The summed E-state index contributed by atoms with van der Waals surface area (Å²) in [6.45, 7) is 1.36. The van der Waals surface area contributed by atoms with E-state index in [1.54, 1.807) is 0 Å². The van der Waals surface area contributed by atoms with Gasteiger partial charge in [-0.3, -0.25) is 13.9 Å². The summed E-state index contributed by atoms with van der Waals surface area (Å²) in [6.07, 6.45) is 5.86. The lowest BCUT2D eigenvalue weighted by atomic mass is 10.1. The lowest BCUT2D eigenvalue weighted by Gasteiger charge is -2.15. The topological polar surface area (TPSA) is 309 Å². The minimum atomic E-state index is -4.97. The summed E-state index contributed by atoms with van der Waals surface area (Å²) in [4.78, 5) is 37.4. The van der Waals surface area contributed by atoms with Crippen molar-refractivity contribution in [2.75, 3.05) is 18.7 Å². The van der Waals surface area contributed by atoms with Gasteiger partial charge in [0.25, 0.3) is 26.1 Å². The summed E-state index contributed by atoms with van der Waals surface area (Å²) < 4.78 is 87.1. The molecule has 1 aliphatic rings. The number of anilines is 1. The minimum absolute atomic E-state index is 0.0522. The Bertz CT molecular complexity index is 2300. The van der Waals surface area contributed by atoms with Crippen LogP contribution in [-0.2, 0) is 58.0 Å². The number of hydrogen-bond acceptors (Lipinski definition) is 20. The van der Waals surface area contributed by atoms with Crippen LogP contribution in [0.25, 0.3) is 11.8 Å². The Morgan fingerprint density at radius 3 is 1.98 bits per heavy atom. The highest BCUT2D eigenvalue weighted by atomic mass is 32.2. The molecule has 0 bridgehead atoms.